The summed E-state index contributed by atoms with van der Waals surface area (Å²) in [6.45, 7) is 2.93. The Labute approximate surface area is 201 Å². The molecule has 1 saturated heterocycles. The molecule has 2 saturated carbocycles. The molecular formula is C28H36N2O4. The van der Waals surface area contributed by atoms with Gasteiger partial charge in [0.25, 0.3) is 0 Å². The Morgan fingerprint density at radius 3 is 2.68 bits per heavy atom. The summed E-state index contributed by atoms with van der Waals surface area (Å²) in [5.74, 6) is 0.209. The van der Waals surface area contributed by atoms with E-state index in [4.69, 9.17) is 5.11 Å². The first kappa shape index (κ1) is 23.1. The Hall–Kier alpha value is -2.63. The number of hydrogen-bond donors (Lipinski definition) is 2. The SMILES string of the molecule is CC(CC(=O)N1CCCC2C(C(=O)CCC(=O)O)CCCC21)c1c[nH]c2cccc(C3CC3)c12. The highest BCUT2D eigenvalue weighted by atomic mass is 16.4. The minimum atomic E-state index is -0.919. The first-order valence-corrected chi connectivity index (χ1v) is 13.1. The number of carbonyl (C=O) groups excluding carboxylic acids is 2. The first-order chi connectivity index (χ1) is 16.4. The number of carboxylic acid groups (broad SMARTS) is 1. The Balaban J connectivity index is 1.30. The molecule has 6 heteroatoms. The zero-order valence-electron chi connectivity index (χ0n) is 20.1. The van der Waals surface area contributed by atoms with Crippen molar-refractivity contribution in [2.24, 2.45) is 11.8 Å². The molecule has 3 aliphatic rings. The highest BCUT2D eigenvalue weighted by Crippen LogP contribution is 2.45. The standard InChI is InChI=1S/C28H36N2O4/c1-17(22-16-29-23-8-2-5-19(28(22)23)18-10-11-18)15-26(32)30-14-4-7-20-21(6-3-9-24(20)30)25(31)12-13-27(33)34/h2,5,8,16-18,20-21,24,29H,3-4,6-7,9-15H2,1H3,(H,33,34). The van der Waals surface area contributed by atoms with Crippen LogP contribution in [-0.2, 0) is 14.4 Å². The predicted octanol–water partition coefficient (Wildman–Crippen LogP) is 5.38. The second kappa shape index (κ2) is 9.55. The van der Waals surface area contributed by atoms with Crippen molar-refractivity contribution < 1.29 is 19.5 Å². The molecule has 5 rings (SSSR count). The van der Waals surface area contributed by atoms with E-state index in [9.17, 15) is 14.4 Å². The van der Waals surface area contributed by atoms with Gasteiger partial charge >= 0.3 is 5.97 Å². The van der Waals surface area contributed by atoms with Gasteiger partial charge in [-0.05, 0) is 73.5 Å². The quantitative estimate of drug-likeness (QED) is 0.549. The lowest BCUT2D eigenvalue weighted by molar-refractivity contribution is -0.143. The Morgan fingerprint density at radius 1 is 1.09 bits per heavy atom. The fourth-order valence-electron chi connectivity index (χ4n) is 6.66. The average molecular weight is 465 g/mol. The molecule has 2 aromatic rings. The first-order valence-electron chi connectivity index (χ1n) is 13.1. The van der Waals surface area contributed by atoms with Crippen molar-refractivity contribution in [3.8, 4) is 0 Å². The van der Waals surface area contributed by atoms with E-state index in [1.165, 1.54) is 29.4 Å². The van der Waals surface area contributed by atoms with Crippen LogP contribution in [0.3, 0.4) is 0 Å². The molecule has 2 aliphatic carbocycles. The zero-order valence-corrected chi connectivity index (χ0v) is 20.1. The predicted molar refractivity (Wildman–Crippen MR) is 131 cm³/mol. The monoisotopic (exact) mass is 464 g/mol. The molecule has 1 aliphatic heterocycles. The molecule has 0 bridgehead atoms. The summed E-state index contributed by atoms with van der Waals surface area (Å²) >= 11 is 0. The van der Waals surface area contributed by atoms with Gasteiger partial charge in [0, 0.05) is 48.4 Å². The van der Waals surface area contributed by atoms with Crippen LogP contribution in [0.25, 0.3) is 10.9 Å². The van der Waals surface area contributed by atoms with Crippen LogP contribution in [0.1, 0.15) is 94.1 Å². The number of carbonyl (C=O) groups is 3. The van der Waals surface area contributed by atoms with Gasteiger partial charge in [0.15, 0.2) is 0 Å². The van der Waals surface area contributed by atoms with Gasteiger partial charge in [-0.25, -0.2) is 0 Å². The zero-order chi connectivity index (χ0) is 23.8. The van der Waals surface area contributed by atoms with Crippen LogP contribution in [0.15, 0.2) is 24.4 Å². The number of Topliss-reactive ketones (excluding diaryl/α,β-unsaturated/α-hetero) is 1. The average Bonchev–Trinajstić information content (AvgIpc) is 3.59. The van der Waals surface area contributed by atoms with Crippen molar-refractivity contribution in [2.45, 2.75) is 89.0 Å². The number of fused-ring (bicyclic) bond motifs is 2. The van der Waals surface area contributed by atoms with Gasteiger partial charge in [0.05, 0.1) is 6.42 Å². The molecule has 3 fully saturated rings. The second-order valence-electron chi connectivity index (χ2n) is 10.8. The lowest BCUT2D eigenvalue weighted by atomic mass is 9.69. The van der Waals surface area contributed by atoms with Crippen LogP contribution in [-0.4, -0.2) is 45.2 Å². The van der Waals surface area contributed by atoms with Crippen LogP contribution < -0.4 is 0 Å². The summed E-state index contributed by atoms with van der Waals surface area (Å²) in [6.07, 6.45) is 9.67. The van der Waals surface area contributed by atoms with Crippen LogP contribution in [0.2, 0.25) is 0 Å². The number of nitrogens with one attached hydrogen (secondary N) is 1. The lowest BCUT2D eigenvalue weighted by Crippen LogP contribution is -2.53. The van der Waals surface area contributed by atoms with E-state index >= 15 is 0 Å². The summed E-state index contributed by atoms with van der Waals surface area (Å²) in [6, 6.07) is 6.60. The molecule has 4 atom stereocenters. The minimum Gasteiger partial charge on any atom is -0.481 e. The van der Waals surface area contributed by atoms with Crippen LogP contribution in [0.4, 0.5) is 0 Å². The molecule has 6 nitrogen and oxygen atoms in total. The number of H-pyrrole nitrogens is 1. The third-order valence-corrected chi connectivity index (χ3v) is 8.48. The largest absolute Gasteiger partial charge is 0.481 e. The molecule has 1 aromatic heterocycles. The number of aromatic nitrogens is 1. The van der Waals surface area contributed by atoms with E-state index in [-0.39, 0.29) is 48.3 Å². The van der Waals surface area contributed by atoms with Gasteiger partial charge < -0.3 is 15.0 Å². The molecule has 182 valence electrons. The number of ketones is 1. The number of piperidine rings is 1. The molecule has 0 radical (unpaired) electrons. The maximum absolute atomic E-state index is 13.6. The fraction of sp³-hybridized carbons (Fsp3) is 0.607. The molecule has 0 spiro atoms. The number of hydrogen-bond acceptors (Lipinski definition) is 3. The van der Waals surface area contributed by atoms with Crippen molar-refractivity contribution in [2.75, 3.05) is 6.54 Å². The summed E-state index contributed by atoms with van der Waals surface area (Å²) in [5.41, 5.74) is 3.82. The lowest BCUT2D eigenvalue weighted by Gasteiger charge is -2.47. The minimum absolute atomic E-state index is 0.0752. The molecule has 2 heterocycles. The normalized spacial score (nSPS) is 25.7. The fourth-order valence-corrected chi connectivity index (χ4v) is 6.66. The summed E-state index contributed by atoms with van der Waals surface area (Å²) in [5, 5.41) is 10.3. The summed E-state index contributed by atoms with van der Waals surface area (Å²) in [4.78, 5) is 42.8. The molecule has 34 heavy (non-hydrogen) atoms. The molecule has 1 aromatic carbocycles. The van der Waals surface area contributed by atoms with Gasteiger partial charge in [-0.15, -0.1) is 0 Å². The van der Waals surface area contributed by atoms with Gasteiger partial charge in [0.1, 0.15) is 5.78 Å². The van der Waals surface area contributed by atoms with Crippen molar-refractivity contribution in [3.05, 3.63) is 35.5 Å². The van der Waals surface area contributed by atoms with E-state index in [0.29, 0.717) is 12.3 Å². The number of rotatable bonds is 8. The maximum atomic E-state index is 13.6. The highest BCUT2D eigenvalue weighted by molar-refractivity contribution is 5.89. The van der Waals surface area contributed by atoms with E-state index in [2.05, 4.69) is 41.2 Å². The van der Waals surface area contributed by atoms with Crippen molar-refractivity contribution in [1.29, 1.82) is 0 Å². The third kappa shape index (κ3) is 4.51. The van der Waals surface area contributed by atoms with E-state index in [1.54, 1.807) is 0 Å². The van der Waals surface area contributed by atoms with Gasteiger partial charge in [-0.1, -0.05) is 25.5 Å². The smallest absolute Gasteiger partial charge is 0.303 e. The van der Waals surface area contributed by atoms with Gasteiger partial charge in [-0.2, -0.15) is 0 Å². The Morgan fingerprint density at radius 2 is 1.91 bits per heavy atom. The Kier molecular flexibility index (Phi) is 6.50. The molecule has 1 amide bonds. The topological polar surface area (TPSA) is 90.5 Å². The molecular weight excluding hydrogens is 428 g/mol. The Bertz CT molecular complexity index is 1090. The van der Waals surface area contributed by atoms with Crippen molar-refractivity contribution in [1.82, 2.24) is 9.88 Å². The van der Waals surface area contributed by atoms with E-state index < -0.39 is 5.97 Å². The van der Waals surface area contributed by atoms with Crippen molar-refractivity contribution in [3.63, 3.8) is 0 Å². The third-order valence-electron chi connectivity index (χ3n) is 8.48. The number of aromatic amines is 1. The van der Waals surface area contributed by atoms with Crippen LogP contribution in [0.5, 0.6) is 0 Å². The van der Waals surface area contributed by atoms with Crippen LogP contribution in [0, 0.1) is 11.8 Å². The van der Waals surface area contributed by atoms with Gasteiger partial charge in [0.2, 0.25) is 5.91 Å². The van der Waals surface area contributed by atoms with E-state index in [0.717, 1.165) is 44.2 Å². The molecule has 4 unspecified atom stereocenters. The number of aliphatic carboxylic acids is 1. The van der Waals surface area contributed by atoms with Crippen molar-refractivity contribution >= 4 is 28.6 Å². The van der Waals surface area contributed by atoms with E-state index in [1.807, 2.05) is 0 Å². The number of nitrogens with zero attached hydrogens (tertiary/aromatic N) is 1. The summed E-state index contributed by atoms with van der Waals surface area (Å²) < 4.78 is 0. The molecule has 2 N–H and O–H groups in total. The second-order valence-corrected chi connectivity index (χ2v) is 10.8. The number of amides is 1. The summed E-state index contributed by atoms with van der Waals surface area (Å²) in [7, 11) is 0. The maximum Gasteiger partial charge on any atom is 0.303 e. The number of benzene rings is 1. The highest BCUT2D eigenvalue weighted by Gasteiger charge is 2.43. The number of carboxylic acids is 1. The van der Waals surface area contributed by atoms with Crippen LogP contribution >= 0.6 is 0 Å². The van der Waals surface area contributed by atoms with Gasteiger partial charge in [-0.3, -0.25) is 14.4 Å². The number of likely N-dealkylation sites (tertiary alicyclic amines) is 1.